The number of imide groups is 1. The van der Waals surface area contributed by atoms with Crippen LogP contribution in [-0.2, 0) is 9.59 Å². The molecule has 29 heavy (non-hydrogen) atoms. The van der Waals surface area contributed by atoms with E-state index in [0.717, 1.165) is 15.4 Å². The van der Waals surface area contributed by atoms with Crippen molar-refractivity contribution in [3.8, 4) is 0 Å². The molecule has 3 nitrogen and oxygen atoms in total. The molecule has 0 saturated carbocycles. The number of hydrogen-bond acceptors (Lipinski definition) is 3. The zero-order chi connectivity index (χ0) is 20.5. The van der Waals surface area contributed by atoms with Gasteiger partial charge in [-0.3, -0.25) is 9.59 Å². The lowest BCUT2D eigenvalue weighted by Crippen LogP contribution is -2.31. The van der Waals surface area contributed by atoms with Crippen LogP contribution in [0, 0.1) is 6.92 Å². The lowest BCUT2D eigenvalue weighted by Gasteiger charge is -2.16. The maximum Gasteiger partial charge on any atom is 0.272 e. The summed E-state index contributed by atoms with van der Waals surface area (Å²) in [6, 6.07) is 21.5. The number of para-hydroxylation sites is 1. The minimum Gasteiger partial charge on any atom is -0.268 e. The second kappa shape index (κ2) is 8.07. The van der Waals surface area contributed by atoms with Crippen molar-refractivity contribution in [2.45, 2.75) is 11.8 Å². The Hall–Kier alpha value is -2.53. The van der Waals surface area contributed by atoms with Crippen LogP contribution in [0.25, 0.3) is 5.57 Å². The van der Waals surface area contributed by atoms with Gasteiger partial charge in [0, 0.05) is 9.92 Å². The molecule has 3 aromatic carbocycles. The molecule has 144 valence electrons. The van der Waals surface area contributed by atoms with E-state index in [1.54, 1.807) is 36.4 Å². The molecular formula is C23H15Cl2NO2S. The Kier molecular flexibility index (Phi) is 5.50. The van der Waals surface area contributed by atoms with Crippen molar-refractivity contribution >= 4 is 58.0 Å². The van der Waals surface area contributed by atoms with Crippen molar-refractivity contribution in [1.29, 1.82) is 0 Å². The van der Waals surface area contributed by atoms with Crippen molar-refractivity contribution in [3.63, 3.8) is 0 Å². The van der Waals surface area contributed by atoms with Gasteiger partial charge in [0.1, 0.15) is 0 Å². The summed E-state index contributed by atoms with van der Waals surface area (Å²) in [5, 5.41) is 0.948. The normalized spacial score (nSPS) is 14.1. The Morgan fingerprint density at radius 3 is 2.10 bits per heavy atom. The summed E-state index contributed by atoms with van der Waals surface area (Å²) in [7, 11) is 0. The molecule has 0 saturated heterocycles. The van der Waals surface area contributed by atoms with Crippen LogP contribution in [0.5, 0.6) is 0 Å². The number of aryl methyl sites for hydroxylation is 1. The Bertz CT molecular complexity index is 1140. The van der Waals surface area contributed by atoms with E-state index in [-0.39, 0.29) is 5.91 Å². The number of benzene rings is 3. The minimum absolute atomic E-state index is 0.343. The Morgan fingerprint density at radius 2 is 1.45 bits per heavy atom. The van der Waals surface area contributed by atoms with Gasteiger partial charge in [-0.2, -0.15) is 0 Å². The highest BCUT2D eigenvalue weighted by atomic mass is 35.5. The van der Waals surface area contributed by atoms with Gasteiger partial charge in [-0.1, -0.05) is 76.9 Å². The van der Waals surface area contributed by atoms with Gasteiger partial charge in [0.15, 0.2) is 0 Å². The van der Waals surface area contributed by atoms with Crippen molar-refractivity contribution in [2.24, 2.45) is 0 Å². The third kappa shape index (κ3) is 3.84. The monoisotopic (exact) mass is 439 g/mol. The molecular weight excluding hydrogens is 425 g/mol. The van der Waals surface area contributed by atoms with E-state index in [0.29, 0.717) is 31.8 Å². The second-order valence-corrected chi connectivity index (χ2v) is 8.45. The van der Waals surface area contributed by atoms with Crippen LogP contribution < -0.4 is 4.90 Å². The summed E-state index contributed by atoms with van der Waals surface area (Å²) >= 11 is 13.5. The average Bonchev–Trinajstić information content (AvgIpc) is 2.95. The van der Waals surface area contributed by atoms with Crippen LogP contribution in [0.3, 0.4) is 0 Å². The molecule has 0 radical (unpaired) electrons. The SMILES string of the molecule is Cc1ccc(C2=C(Sc3ccc(Cl)cc3)C(=O)N(c3ccccc3Cl)C2=O)cc1. The molecule has 0 fully saturated rings. The van der Waals surface area contributed by atoms with Crippen molar-refractivity contribution in [2.75, 3.05) is 4.90 Å². The predicted molar refractivity (Wildman–Crippen MR) is 119 cm³/mol. The van der Waals surface area contributed by atoms with Crippen LogP contribution in [0.2, 0.25) is 10.0 Å². The molecule has 0 aliphatic carbocycles. The van der Waals surface area contributed by atoms with Gasteiger partial charge < -0.3 is 0 Å². The molecule has 2 amide bonds. The van der Waals surface area contributed by atoms with Gasteiger partial charge in [0.25, 0.3) is 11.8 Å². The lowest BCUT2D eigenvalue weighted by atomic mass is 10.0. The van der Waals surface area contributed by atoms with Crippen LogP contribution in [0.4, 0.5) is 5.69 Å². The highest BCUT2D eigenvalue weighted by Gasteiger charge is 2.41. The fourth-order valence-electron chi connectivity index (χ4n) is 3.05. The third-order valence-corrected chi connectivity index (χ3v) is 6.17. The van der Waals surface area contributed by atoms with Gasteiger partial charge in [-0.15, -0.1) is 0 Å². The number of thioether (sulfide) groups is 1. The van der Waals surface area contributed by atoms with Crippen LogP contribution in [0.15, 0.2) is 82.6 Å². The van der Waals surface area contributed by atoms with Gasteiger partial charge >= 0.3 is 0 Å². The maximum absolute atomic E-state index is 13.4. The van der Waals surface area contributed by atoms with Crippen molar-refractivity contribution in [1.82, 2.24) is 0 Å². The minimum atomic E-state index is -0.390. The number of amides is 2. The zero-order valence-corrected chi connectivity index (χ0v) is 17.7. The first-order valence-electron chi connectivity index (χ1n) is 8.84. The largest absolute Gasteiger partial charge is 0.272 e. The van der Waals surface area contributed by atoms with E-state index in [1.807, 2.05) is 43.3 Å². The summed E-state index contributed by atoms with van der Waals surface area (Å²) < 4.78 is 0. The van der Waals surface area contributed by atoms with E-state index in [9.17, 15) is 9.59 Å². The number of carbonyl (C=O) groups is 2. The van der Waals surface area contributed by atoms with Crippen molar-refractivity contribution < 1.29 is 9.59 Å². The highest BCUT2D eigenvalue weighted by Crippen LogP contribution is 2.42. The Labute approximate surface area is 182 Å². The molecule has 6 heteroatoms. The first kappa shape index (κ1) is 19.8. The summed E-state index contributed by atoms with van der Waals surface area (Å²) in [4.78, 5) is 29.0. The van der Waals surface area contributed by atoms with E-state index >= 15 is 0 Å². The fourth-order valence-corrected chi connectivity index (χ4v) is 4.39. The molecule has 3 aromatic rings. The smallest absolute Gasteiger partial charge is 0.268 e. The summed E-state index contributed by atoms with van der Waals surface area (Å²) in [6.07, 6.45) is 0. The second-order valence-electron chi connectivity index (χ2n) is 6.52. The highest BCUT2D eigenvalue weighted by molar-refractivity contribution is 8.04. The van der Waals surface area contributed by atoms with Gasteiger partial charge in [0.05, 0.1) is 21.2 Å². The molecule has 0 bridgehead atoms. The van der Waals surface area contributed by atoms with Gasteiger partial charge in [-0.05, 0) is 48.9 Å². The predicted octanol–water partition coefficient (Wildman–Crippen LogP) is 6.38. The average molecular weight is 440 g/mol. The number of halogens is 2. The Morgan fingerprint density at radius 1 is 0.793 bits per heavy atom. The molecule has 0 aromatic heterocycles. The molecule has 4 rings (SSSR count). The first-order chi connectivity index (χ1) is 14.0. The van der Waals surface area contributed by atoms with E-state index in [2.05, 4.69) is 0 Å². The number of carbonyl (C=O) groups excluding carboxylic acids is 2. The summed E-state index contributed by atoms with van der Waals surface area (Å²) in [5.74, 6) is -0.776. The van der Waals surface area contributed by atoms with Crippen LogP contribution in [0.1, 0.15) is 11.1 Å². The van der Waals surface area contributed by atoms with Gasteiger partial charge in [0.2, 0.25) is 0 Å². The summed E-state index contributed by atoms with van der Waals surface area (Å²) in [5.41, 5.74) is 2.51. The number of hydrogen-bond donors (Lipinski definition) is 0. The number of anilines is 1. The van der Waals surface area contributed by atoms with E-state index in [4.69, 9.17) is 23.2 Å². The topological polar surface area (TPSA) is 37.4 Å². The summed E-state index contributed by atoms with van der Waals surface area (Å²) in [6.45, 7) is 1.97. The molecule has 1 aliphatic rings. The van der Waals surface area contributed by atoms with Crippen molar-refractivity contribution in [3.05, 3.63) is 98.9 Å². The fraction of sp³-hybridized carbons (Fsp3) is 0.0435. The molecule has 1 aliphatic heterocycles. The lowest BCUT2D eigenvalue weighted by molar-refractivity contribution is -0.119. The van der Waals surface area contributed by atoms with Crippen LogP contribution >= 0.6 is 35.0 Å². The molecule has 0 spiro atoms. The van der Waals surface area contributed by atoms with Crippen LogP contribution in [-0.4, -0.2) is 11.8 Å². The van der Waals surface area contributed by atoms with Gasteiger partial charge in [-0.25, -0.2) is 4.90 Å². The third-order valence-electron chi connectivity index (χ3n) is 4.51. The molecule has 0 unspecified atom stereocenters. The Balaban J connectivity index is 1.83. The first-order valence-corrected chi connectivity index (χ1v) is 10.4. The quantitative estimate of drug-likeness (QED) is 0.442. The molecule has 0 N–H and O–H groups in total. The van der Waals surface area contributed by atoms with E-state index < -0.39 is 5.91 Å². The molecule has 1 heterocycles. The van der Waals surface area contributed by atoms with E-state index in [1.165, 1.54) is 11.8 Å². The number of rotatable bonds is 4. The number of nitrogens with zero attached hydrogens (tertiary/aromatic N) is 1. The zero-order valence-electron chi connectivity index (χ0n) is 15.4. The maximum atomic E-state index is 13.4. The molecule has 0 atom stereocenters. The standard InChI is InChI=1S/C23H15Cl2NO2S/c1-14-6-8-15(9-7-14)20-21(29-17-12-10-16(24)11-13-17)23(28)26(22(20)27)19-5-3-2-4-18(19)25/h2-13H,1H3.